The minimum atomic E-state index is -0.646. The Bertz CT molecular complexity index is 610. The minimum Gasteiger partial charge on any atom is -0.319 e. The van der Waals surface area contributed by atoms with Crippen LogP contribution in [0.1, 0.15) is 42.5 Å². The standard InChI is InChI=1S/C19H21NO/c20-19(13-5-2-6-14-19)18(21)17-11-9-16(10-12-17)15-7-3-1-4-8-15/h1,3-4,7-12H,2,5-6,13-14,20H2. The van der Waals surface area contributed by atoms with Crippen LogP contribution >= 0.6 is 0 Å². The number of carbonyl (C=O) groups excluding carboxylic acids is 1. The fourth-order valence-electron chi connectivity index (χ4n) is 3.14. The zero-order valence-electron chi connectivity index (χ0n) is 12.2. The van der Waals surface area contributed by atoms with Crippen LogP contribution in [0.2, 0.25) is 0 Å². The number of rotatable bonds is 3. The summed E-state index contributed by atoms with van der Waals surface area (Å²) in [4.78, 5) is 12.6. The van der Waals surface area contributed by atoms with Crippen molar-refractivity contribution in [2.45, 2.75) is 37.6 Å². The van der Waals surface area contributed by atoms with Gasteiger partial charge in [-0.15, -0.1) is 0 Å². The average Bonchev–Trinajstić information content (AvgIpc) is 2.56. The number of nitrogens with two attached hydrogens (primary N) is 1. The molecule has 0 spiro atoms. The third-order valence-electron chi connectivity index (χ3n) is 4.45. The van der Waals surface area contributed by atoms with Gasteiger partial charge in [-0.3, -0.25) is 4.79 Å². The molecular formula is C19H21NO. The summed E-state index contributed by atoms with van der Waals surface area (Å²) in [5, 5.41) is 0. The summed E-state index contributed by atoms with van der Waals surface area (Å²) in [6, 6.07) is 18.0. The molecule has 0 bridgehead atoms. The van der Waals surface area contributed by atoms with Gasteiger partial charge in [0, 0.05) is 5.56 Å². The number of ketones is 1. The second kappa shape index (κ2) is 5.82. The van der Waals surface area contributed by atoms with Gasteiger partial charge in [0.15, 0.2) is 5.78 Å². The summed E-state index contributed by atoms with van der Waals surface area (Å²) in [5.41, 5.74) is 8.71. The second-order valence-electron chi connectivity index (χ2n) is 5.99. The van der Waals surface area contributed by atoms with Crippen LogP contribution in [0.15, 0.2) is 54.6 Å². The Morgan fingerprint density at radius 3 is 2.00 bits per heavy atom. The molecule has 0 atom stereocenters. The van der Waals surface area contributed by atoms with E-state index in [1.165, 1.54) is 6.42 Å². The Kier molecular flexibility index (Phi) is 3.89. The van der Waals surface area contributed by atoms with Crippen LogP contribution in [-0.4, -0.2) is 11.3 Å². The zero-order valence-corrected chi connectivity index (χ0v) is 12.2. The van der Waals surface area contributed by atoms with E-state index in [-0.39, 0.29) is 5.78 Å². The summed E-state index contributed by atoms with van der Waals surface area (Å²) in [5.74, 6) is 0.0989. The Morgan fingerprint density at radius 1 is 0.810 bits per heavy atom. The molecule has 108 valence electrons. The van der Waals surface area contributed by atoms with Gasteiger partial charge in [-0.1, -0.05) is 73.9 Å². The molecule has 0 heterocycles. The number of carbonyl (C=O) groups is 1. The highest BCUT2D eigenvalue weighted by Crippen LogP contribution is 2.29. The Hall–Kier alpha value is -1.93. The van der Waals surface area contributed by atoms with E-state index >= 15 is 0 Å². The molecule has 0 amide bonds. The predicted molar refractivity (Wildman–Crippen MR) is 86.2 cm³/mol. The fourth-order valence-corrected chi connectivity index (χ4v) is 3.14. The van der Waals surface area contributed by atoms with Gasteiger partial charge in [0.2, 0.25) is 0 Å². The summed E-state index contributed by atoms with van der Waals surface area (Å²) in [7, 11) is 0. The van der Waals surface area contributed by atoms with E-state index in [4.69, 9.17) is 5.73 Å². The first-order valence-electron chi connectivity index (χ1n) is 7.68. The molecule has 1 saturated carbocycles. The van der Waals surface area contributed by atoms with E-state index in [0.717, 1.165) is 42.4 Å². The first-order valence-corrected chi connectivity index (χ1v) is 7.68. The third-order valence-corrected chi connectivity index (χ3v) is 4.45. The van der Waals surface area contributed by atoms with Crippen LogP contribution in [0.4, 0.5) is 0 Å². The van der Waals surface area contributed by atoms with Gasteiger partial charge in [-0.2, -0.15) is 0 Å². The van der Waals surface area contributed by atoms with Gasteiger partial charge in [-0.05, 0) is 24.0 Å². The highest BCUT2D eigenvalue weighted by atomic mass is 16.1. The van der Waals surface area contributed by atoms with Crippen molar-refractivity contribution in [3.05, 3.63) is 60.2 Å². The van der Waals surface area contributed by atoms with Gasteiger partial charge >= 0.3 is 0 Å². The molecule has 0 unspecified atom stereocenters. The van der Waals surface area contributed by atoms with Crippen molar-refractivity contribution >= 4 is 5.78 Å². The van der Waals surface area contributed by atoms with Crippen molar-refractivity contribution in [2.75, 3.05) is 0 Å². The normalized spacial score (nSPS) is 17.4. The van der Waals surface area contributed by atoms with Crippen LogP contribution in [0.5, 0.6) is 0 Å². The van der Waals surface area contributed by atoms with E-state index < -0.39 is 5.54 Å². The lowest BCUT2D eigenvalue weighted by molar-refractivity contribution is 0.0848. The van der Waals surface area contributed by atoms with Gasteiger partial charge < -0.3 is 5.73 Å². The van der Waals surface area contributed by atoms with Crippen molar-refractivity contribution in [3.63, 3.8) is 0 Å². The van der Waals surface area contributed by atoms with Crippen LogP contribution in [-0.2, 0) is 0 Å². The molecule has 2 nitrogen and oxygen atoms in total. The van der Waals surface area contributed by atoms with Crippen molar-refractivity contribution in [1.29, 1.82) is 0 Å². The molecule has 1 aliphatic carbocycles. The molecule has 2 heteroatoms. The van der Waals surface area contributed by atoms with Crippen LogP contribution in [0, 0.1) is 0 Å². The summed E-state index contributed by atoms with van der Waals surface area (Å²) in [6.45, 7) is 0. The van der Waals surface area contributed by atoms with E-state index in [9.17, 15) is 4.79 Å². The summed E-state index contributed by atoms with van der Waals surface area (Å²) < 4.78 is 0. The van der Waals surface area contributed by atoms with Crippen LogP contribution < -0.4 is 5.73 Å². The number of hydrogen-bond acceptors (Lipinski definition) is 2. The fraction of sp³-hybridized carbons (Fsp3) is 0.316. The number of Topliss-reactive ketones (excluding diaryl/α,β-unsaturated/α-hetero) is 1. The molecule has 0 radical (unpaired) electrons. The monoisotopic (exact) mass is 279 g/mol. The smallest absolute Gasteiger partial charge is 0.182 e. The van der Waals surface area contributed by atoms with Gasteiger partial charge in [0.1, 0.15) is 0 Å². The van der Waals surface area contributed by atoms with Gasteiger partial charge in [0.25, 0.3) is 0 Å². The topological polar surface area (TPSA) is 43.1 Å². The molecular weight excluding hydrogens is 258 g/mol. The van der Waals surface area contributed by atoms with Crippen molar-refractivity contribution in [1.82, 2.24) is 0 Å². The third kappa shape index (κ3) is 2.91. The van der Waals surface area contributed by atoms with Crippen molar-refractivity contribution < 1.29 is 4.79 Å². The van der Waals surface area contributed by atoms with E-state index in [1.54, 1.807) is 0 Å². The molecule has 0 saturated heterocycles. The molecule has 2 N–H and O–H groups in total. The van der Waals surface area contributed by atoms with E-state index in [2.05, 4.69) is 12.1 Å². The molecule has 1 fully saturated rings. The lowest BCUT2D eigenvalue weighted by Crippen LogP contribution is -2.49. The largest absolute Gasteiger partial charge is 0.319 e. The van der Waals surface area contributed by atoms with E-state index in [0.29, 0.717) is 0 Å². The molecule has 2 aromatic carbocycles. The highest BCUT2D eigenvalue weighted by molar-refractivity contribution is 6.03. The molecule has 0 aromatic heterocycles. The maximum atomic E-state index is 12.6. The molecule has 0 aliphatic heterocycles. The lowest BCUT2D eigenvalue weighted by atomic mass is 9.77. The van der Waals surface area contributed by atoms with Gasteiger partial charge in [-0.25, -0.2) is 0 Å². The quantitative estimate of drug-likeness (QED) is 0.856. The number of benzene rings is 2. The van der Waals surface area contributed by atoms with Crippen LogP contribution in [0.25, 0.3) is 11.1 Å². The summed E-state index contributed by atoms with van der Waals surface area (Å²) >= 11 is 0. The summed E-state index contributed by atoms with van der Waals surface area (Å²) in [6.07, 6.45) is 4.94. The first-order chi connectivity index (χ1) is 10.2. The zero-order chi connectivity index (χ0) is 14.7. The van der Waals surface area contributed by atoms with Gasteiger partial charge in [0.05, 0.1) is 5.54 Å². The highest BCUT2D eigenvalue weighted by Gasteiger charge is 2.35. The molecule has 21 heavy (non-hydrogen) atoms. The Morgan fingerprint density at radius 2 is 1.38 bits per heavy atom. The van der Waals surface area contributed by atoms with Crippen molar-refractivity contribution in [3.8, 4) is 11.1 Å². The molecule has 1 aliphatic rings. The predicted octanol–water partition coefficient (Wildman–Crippen LogP) is 4.20. The Balaban J connectivity index is 1.82. The maximum absolute atomic E-state index is 12.6. The average molecular weight is 279 g/mol. The van der Waals surface area contributed by atoms with Crippen LogP contribution in [0.3, 0.4) is 0 Å². The number of hydrogen-bond donors (Lipinski definition) is 1. The lowest BCUT2D eigenvalue weighted by Gasteiger charge is -2.31. The van der Waals surface area contributed by atoms with Crippen molar-refractivity contribution in [2.24, 2.45) is 5.73 Å². The Labute approximate surface area is 126 Å². The molecule has 2 aromatic rings. The molecule has 3 rings (SSSR count). The minimum absolute atomic E-state index is 0.0989. The second-order valence-corrected chi connectivity index (χ2v) is 5.99. The first kappa shape index (κ1) is 14.0. The maximum Gasteiger partial charge on any atom is 0.182 e. The van der Waals surface area contributed by atoms with E-state index in [1.807, 2.05) is 42.5 Å². The SMILES string of the molecule is NC1(C(=O)c2ccc(-c3ccccc3)cc2)CCCCC1.